The highest BCUT2D eigenvalue weighted by molar-refractivity contribution is 7.80. The number of hydrogen-bond acceptors (Lipinski definition) is 2. The molecule has 0 amide bonds. The van der Waals surface area contributed by atoms with Gasteiger partial charge in [0.15, 0.2) is 0 Å². The van der Waals surface area contributed by atoms with Crippen molar-refractivity contribution >= 4 is 17.2 Å². The van der Waals surface area contributed by atoms with Gasteiger partial charge < -0.3 is 11.5 Å². The number of thiocarbonyl (C=S) groups is 1. The summed E-state index contributed by atoms with van der Waals surface area (Å²) in [5.74, 6) is 0. The monoisotopic (exact) mass is 272 g/mol. The molecule has 0 saturated carbocycles. The average molecular weight is 272 g/mol. The maximum atomic E-state index is 5.74. The number of benzene rings is 2. The molecule has 0 bridgehead atoms. The van der Waals surface area contributed by atoms with Crippen LogP contribution in [-0.4, -0.2) is 12.0 Å². The minimum absolute atomic E-state index is 0.445. The summed E-state index contributed by atoms with van der Waals surface area (Å²) in [6, 6.07) is 16.5. The molecular weight excluding hydrogens is 252 g/mol. The number of rotatable bonds is 3. The Balaban J connectivity index is 0.000000861. The van der Waals surface area contributed by atoms with Gasteiger partial charge in [-0.3, -0.25) is 0 Å². The lowest BCUT2D eigenvalue weighted by molar-refractivity contribution is 1.14. The molecule has 0 aliphatic heterocycles. The molecule has 4 N–H and O–H groups in total. The highest BCUT2D eigenvalue weighted by Gasteiger charge is 2.06. The molecule has 0 radical (unpaired) electrons. The molecule has 0 spiro atoms. The molecule has 3 heteroatoms. The molecule has 2 rings (SSSR count). The van der Waals surface area contributed by atoms with Gasteiger partial charge in [-0.2, -0.15) is 0 Å². The fraction of sp³-hybridized carbons (Fsp3) is 0.188. The minimum Gasteiger partial charge on any atom is -0.389 e. The maximum Gasteiger partial charge on any atom is 0.104 e. The fourth-order valence-corrected chi connectivity index (χ4v) is 2.05. The topological polar surface area (TPSA) is 52.0 Å². The molecule has 19 heavy (non-hydrogen) atoms. The Labute approximate surface area is 120 Å². The SMILES string of the molecule is CCc1ccc(-c2ccccc2C(N)=S)cc1.CN. The first-order valence-corrected chi connectivity index (χ1v) is 6.69. The van der Waals surface area contributed by atoms with Gasteiger partial charge in [0.2, 0.25) is 0 Å². The predicted octanol–water partition coefficient (Wildman–Crippen LogP) is 3.13. The van der Waals surface area contributed by atoms with E-state index in [1.54, 1.807) is 0 Å². The predicted molar refractivity (Wildman–Crippen MR) is 87.3 cm³/mol. The second-order valence-electron chi connectivity index (χ2n) is 3.96. The van der Waals surface area contributed by atoms with Gasteiger partial charge in [0.25, 0.3) is 0 Å². The number of nitrogens with two attached hydrogens (primary N) is 2. The second kappa shape index (κ2) is 7.67. The molecule has 0 heterocycles. The summed E-state index contributed by atoms with van der Waals surface area (Å²) in [6.07, 6.45) is 1.05. The lowest BCUT2D eigenvalue weighted by Crippen LogP contribution is -2.10. The Kier molecular flexibility index (Phi) is 6.19. The Morgan fingerprint density at radius 1 is 1.00 bits per heavy atom. The fourth-order valence-electron chi connectivity index (χ4n) is 1.87. The van der Waals surface area contributed by atoms with Gasteiger partial charge in [0.05, 0.1) is 0 Å². The van der Waals surface area contributed by atoms with Crippen LogP contribution in [-0.2, 0) is 6.42 Å². The van der Waals surface area contributed by atoms with Crippen LogP contribution in [0.2, 0.25) is 0 Å². The third-order valence-corrected chi connectivity index (χ3v) is 3.09. The molecule has 2 aromatic carbocycles. The van der Waals surface area contributed by atoms with Crippen LogP contribution in [0.3, 0.4) is 0 Å². The normalized spacial score (nSPS) is 9.42. The van der Waals surface area contributed by atoms with Crippen molar-refractivity contribution in [3.63, 3.8) is 0 Å². The van der Waals surface area contributed by atoms with Crippen LogP contribution in [0, 0.1) is 0 Å². The van der Waals surface area contributed by atoms with Crippen molar-refractivity contribution in [1.82, 2.24) is 0 Å². The average Bonchev–Trinajstić information content (AvgIpc) is 2.49. The third kappa shape index (κ3) is 3.88. The van der Waals surface area contributed by atoms with Crippen LogP contribution < -0.4 is 11.5 Å². The Morgan fingerprint density at radius 2 is 1.58 bits per heavy atom. The first-order chi connectivity index (χ1) is 9.22. The molecule has 0 aromatic heterocycles. The van der Waals surface area contributed by atoms with E-state index in [2.05, 4.69) is 43.0 Å². The van der Waals surface area contributed by atoms with Gasteiger partial charge in [-0.25, -0.2) is 0 Å². The summed E-state index contributed by atoms with van der Waals surface area (Å²) in [6.45, 7) is 2.15. The Morgan fingerprint density at radius 3 is 2.11 bits per heavy atom. The summed E-state index contributed by atoms with van der Waals surface area (Å²) in [4.78, 5) is 0.445. The van der Waals surface area contributed by atoms with Crippen molar-refractivity contribution in [3.8, 4) is 11.1 Å². The molecule has 0 saturated heterocycles. The van der Waals surface area contributed by atoms with E-state index in [0.717, 1.165) is 23.1 Å². The zero-order chi connectivity index (χ0) is 14.3. The Hall–Kier alpha value is -1.71. The van der Waals surface area contributed by atoms with Crippen molar-refractivity contribution in [1.29, 1.82) is 0 Å². The lowest BCUT2D eigenvalue weighted by Gasteiger charge is -2.08. The third-order valence-electron chi connectivity index (χ3n) is 2.87. The van der Waals surface area contributed by atoms with E-state index in [0.29, 0.717) is 4.99 Å². The molecule has 0 aliphatic rings. The van der Waals surface area contributed by atoms with E-state index in [9.17, 15) is 0 Å². The van der Waals surface area contributed by atoms with Crippen molar-refractivity contribution < 1.29 is 0 Å². The summed E-state index contributed by atoms with van der Waals surface area (Å²) in [5, 5.41) is 0. The molecule has 2 nitrogen and oxygen atoms in total. The van der Waals surface area contributed by atoms with E-state index in [1.165, 1.54) is 12.6 Å². The molecule has 100 valence electrons. The van der Waals surface area contributed by atoms with Crippen LogP contribution in [0.5, 0.6) is 0 Å². The largest absolute Gasteiger partial charge is 0.389 e. The molecule has 0 atom stereocenters. The van der Waals surface area contributed by atoms with Gasteiger partial charge in [-0.15, -0.1) is 0 Å². The van der Waals surface area contributed by atoms with Crippen LogP contribution in [0.25, 0.3) is 11.1 Å². The van der Waals surface area contributed by atoms with E-state index < -0.39 is 0 Å². The standard InChI is InChI=1S/C15H15NS.CH5N/c1-2-11-7-9-12(10-8-11)13-5-3-4-6-14(13)15(16)17;1-2/h3-10H,2H2,1H3,(H2,16,17);2H2,1H3. The highest BCUT2D eigenvalue weighted by atomic mass is 32.1. The molecule has 0 unspecified atom stereocenters. The van der Waals surface area contributed by atoms with Crippen LogP contribution in [0.15, 0.2) is 48.5 Å². The van der Waals surface area contributed by atoms with Gasteiger partial charge in [-0.05, 0) is 30.2 Å². The van der Waals surface area contributed by atoms with E-state index in [4.69, 9.17) is 18.0 Å². The molecular formula is C16H20N2S. The van der Waals surface area contributed by atoms with Gasteiger partial charge in [0.1, 0.15) is 4.99 Å². The Bertz CT molecular complexity index is 533. The number of hydrogen-bond donors (Lipinski definition) is 2. The van der Waals surface area contributed by atoms with Crippen molar-refractivity contribution in [2.24, 2.45) is 11.5 Å². The smallest absolute Gasteiger partial charge is 0.104 e. The lowest BCUT2D eigenvalue weighted by atomic mass is 9.98. The minimum atomic E-state index is 0.445. The maximum absolute atomic E-state index is 5.74. The summed E-state index contributed by atoms with van der Waals surface area (Å²) < 4.78 is 0. The molecule has 2 aromatic rings. The van der Waals surface area contributed by atoms with Crippen LogP contribution in [0.1, 0.15) is 18.1 Å². The number of aryl methyl sites for hydroxylation is 1. The van der Waals surface area contributed by atoms with E-state index in [-0.39, 0.29) is 0 Å². The van der Waals surface area contributed by atoms with Crippen molar-refractivity contribution in [3.05, 3.63) is 59.7 Å². The van der Waals surface area contributed by atoms with Gasteiger partial charge in [0, 0.05) is 5.56 Å². The molecule has 0 aliphatic carbocycles. The van der Waals surface area contributed by atoms with Gasteiger partial charge in [-0.1, -0.05) is 67.7 Å². The van der Waals surface area contributed by atoms with Crippen molar-refractivity contribution in [2.45, 2.75) is 13.3 Å². The summed E-state index contributed by atoms with van der Waals surface area (Å²) in [5.41, 5.74) is 14.8. The first-order valence-electron chi connectivity index (χ1n) is 6.28. The van der Waals surface area contributed by atoms with Crippen LogP contribution in [0.4, 0.5) is 0 Å². The van der Waals surface area contributed by atoms with Crippen molar-refractivity contribution in [2.75, 3.05) is 7.05 Å². The van der Waals surface area contributed by atoms with E-state index >= 15 is 0 Å². The van der Waals surface area contributed by atoms with E-state index in [1.807, 2.05) is 18.2 Å². The van der Waals surface area contributed by atoms with Gasteiger partial charge >= 0.3 is 0 Å². The first kappa shape index (κ1) is 15.3. The quantitative estimate of drug-likeness (QED) is 0.844. The molecule has 0 fully saturated rings. The summed E-state index contributed by atoms with van der Waals surface area (Å²) >= 11 is 5.08. The zero-order valence-electron chi connectivity index (χ0n) is 11.4. The summed E-state index contributed by atoms with van der Waals surface area (Å²) in [7, 11) is 1.50. The highest BCUT2D eigenvalue weighted by Crippen LogP contribution is 2.24. The van der Waals surface area contributed by atoms with Crippen LogP contribution >= 0.6 is 12.2 Å². The second-order valence-corrected chi connectivity index (χ2v) is 4.40. The zero-order valence-corrected chi connectivity index (χ0v) is 12.2.